The fourth-order valence-corrected chi connectivity index (χ4v) is 2.81. The zero-order valence-electron chi connectivity index (χ0n) is 11.5. The number of nitrogens with zero attached hydrogens (tertiary/aromatic N) is 2. The molecule has 0 amide bonds. The van der Waals surface area contributed by atoms with Crippen molar-refractivity contribution in [3.05, 3.63) is 40.3 Å². The molecule has 0 unspecified atom stereocenters. The summed E-state index contributed by atoms with van der Waals surface area (Å²) >= 11 is 1.52. The molecule has 0 saturated heterocycles. The van der Waals surface area contributed by atoms with Crippen molar-refractivity contribution in [2.24, 2.45) is 0 Å². The molecule has 0 atom stereocenters. The molecule has 2 aromatic heterocycles. The Hall–Kier alpha value is -2.08. The van der Waals surface area contributed by atoms with Crippen molar-refractivity contribution in [3.8, 4) is 0 Å². The number of rotatable bonds is 6. The number of hydrogen-bond donors (Lipinski definition) is 2. The molecule has 2 rings (SSSR count). The highest BCUT2D eigenvalue weighted by Gasteiger charge is 2.07. The van der Waals surface area contributed by atoms with Crippen molar-refractivity contribution in [2.75, 3.05) is 24.3 Å². The molecule has 20 heavy (non-hydrogen) atoms. The molecule has 5 nitrogen and oxygen atoms in total. The summed E-state index contributed by atoms with van der Waals surface area (Å²) in [6, 6.07) is 5.78. The maximum atomic E-state index is 10.7. The van der Waals surface area contributed by atoms with E-state index in [0.717, 1.165) is 21.1 Å². The molecular weight excluding hydrogens is 274 g/mol. The average molecular weight is 291 g/mol. The molecule has 0 aromatic carbocycles. The summed E-state index contributed by atoms with van der Waals surface area (Å²) in [5.41, 5.74) is 2.04. The van der Waals surface area contributed by atoms with Crippen molar-refractivity contribution < 1.29 is 9.90 Å². The molecule has 2 N–H and O–H groups in total. The van der Waals surface area contributed by atoms with Crippen LogP contribution in [-0.4, -0.2) is 30.2 Å². The van der Waals surface area contributed by atoms with Crippen LogP contribution in [0.25, 0.3) is 0 Å². The number of carbonyl (C=O) groups is 1. The molecule has 0 saturated carbocycles. The highest BCUT2D eigenvalue weighted by atomic mass is 32.1. The van der Waals surface area contributed by atoms with E-state index in [4.69, 9.17) is 5.11 Å². The van der Waals surface area contributed by atoms with Crippen LogP contribution in [0.4, 0.5) is 11.4 Å². The van der Waals surface area contributed by atoms with E-state index in [-0.39, 0.29) is 6.42 Å². The van der Waals surface area contributed by atoms with Gasteiger partial charge in [0.05, 0.1) is 24.0 Å². The van der Waals surface area contributed by atoms with E-state index in [1.165, 1.54) is 11.3 Å². The zero-order valence-corrected chi connectivity index (χ0v) is 12.3. The summed E-state index contributed by atoms with van der Waals surface area (Å²) in [5, 5.41) is 12.1. The van der Waals surface area contributed by atoms with Crippen LogP contribution in [0.3, 0.4) is 0 Å². The first-order chi connectivity index (χ1) is 9.56. The first kappa shape index (κ1) is 14.3. The number of aliphatic carboxylic acids is 1. The van der Waals surface area contributed by atoms with Crippen molar-refractivity contribution in [2.45, 2.75) is 13.0 Å². The number of carboxylic acids is 1. The van der Waals surface area contributed by atoms with E-state index in [1.807, 2.05) is 37.2 Å². The van der Waals surface area contributed by atoms with Gasteiger partial charge in [-0.2, -0.15) is 0 Å². The highest BCUT2D eigenvalue weighted by molar-refractivity contribution is 7.12. The lowest BCUT2D eigenvalue weighted by atomic mass is 10.3. The second-order valence-electron chi connectivity index (χ2n) is 4.58. The normalized spacial score (nSPS) is 10.3. The first-order valence-electron chi connectivity index (χ1n) is 6.21. The van der Waals surface area contributed by atoms with Gasteiger partial charge in [0.2, 0.25) is 0 Å². The van der Waals surface area contributed by atoms with Crippen LogP contribution >= 0.6 is 11.3 Å². The number of aromatic nitrogens is 1. The van der Waals surface area contributed by atoms with E-state index in [1.54, 1.807) is 12.4 Å². The molecular formula is C14H17N3O2S. The fraction of sp³-hybridized carbons (Fsp3) is 0.286. The summed E-state index contributed by atoms with van der Waals surface area (Å²) in [6.07, 6.45) is 3.64. The van der Waals surface area contributed by atoms with Gasteiger partial charge in [0.1, 0.15) is 0 Å². The SMILES string of the molecule is CN(C)c1ccncc1NCc1ccc(CC(=O)O)s1. The third-order valence-electron chi connectivity index (χ3n) is 2.78. The Labute approximate surface area is 121 Å². The van der Waals surface area contributed by atoms with E-state index in [2.05, 4.69) is 10.3 Å². The summed E-state index contributed by atoms with van der Waals surface area (Å²) in [5.74, 6) is -0.798. The number of nitrogens with one attached hydrogen (secondary N) is 1. The van der Waals surface area contributed by atoms with Crippen molar-refractivity contribution in [1.82, 2.24) is 4.98 Å². The molecule has 0 aliphatic carbocycles. The van der Waals surface area contributed by atoms with E-state index in [0.29, 0.717) is 6.54 Å². The Balaban J connectivity index is 2.02. The second-order valence-corrected chi connectivity index (χ2v) is 5.83. The summed E-state index contributed by atoms with van der Waals surface area (Å²) in [6.45, 7) is 0.664. The van der Waals surface area contributed by atoms with Crippen molar-refractivity contribution in [1.29, 1.82) is 0 Å². The Morgan fingerprint density at radius 3 is 2.80 bits per heavy atom. The molecule has 0 aliphatic heterocycles. The van der Waals surface area contributed by atoms with E-state index >= 15 is 0 Å². The maximum Gasteiger partial charge on any atom is 0.308 e. The maximum absolute atomic E-state index is 10.7. The molecule has 0 aliphatic rings. The molecule has 0 spiro atoms. The first-order valence-corrected chi connectivity index (χ1v) is 7.02. The van der Waals surface area contributed by atoms with Gasteiger partial charge in [-0.25, -0.2) is 0 Å². The minimum atomic E-state index is -0.798. The lowest BCUT2D eigenvalue weighted by Crippen LogP contribution is -2.12. The third-order valence-corrected chi connectivity index (χ3v) is 3.86. The molecule has 0 bridgehead atoms. The van der Waals surface area contributed by atoms with Crippen LogP contribution in [0.2, 0.25) is 0 Å². The zero-order chi connectivity index (χ0) is 14.5. The monoisotopic (exact) mass is 291 g/mol. The number of carboxylic acid groups (broad SMARTS) is 1. The number of thiophene rings is 1. The van der Waals surface area contributed by atoms with E-state index in [9.17, 15) is 4.79 Å². The van der Waals surface area contributed by atoms with Gasteiger partial charge in [0, 0.05) is 36.6 Å². The lowest BCUT2D eigenvalue weighted by Gasteiger charge is -2.17. The van der Waals surface area contributed by atoms with Crippen LogP contribution in [0.15, 0.2) is 30.6 Å². The van der Waals surface area contributed by atoms with Crippen LogP contribution in [0.1, 0.15) is 9.75 Å². The van der Waals surface area contributed by atoms with Crippen LogP contribution in [-0.2, 0) is 17.8 Å². The van der Waals surface area contributed by atoms with Crippen LogP contribution in [0, 0.1) is 0 Å². The standard InChI is InChI=1S/C14H17N3O2S/c1-17(2)13-5-6-15-9-12(13)16-8-11-4-3-10(20-11)7-14(18)19/h3-6,9,16H,7-8H2,1-2H3,(H,18,19). The molecule has 2 heterocycles. The summed E-state index contributed by atoms with van der Waals surface area (Å²) in [7, 11) is 3.97. The quantitative estimate of drug-likeness (QED) is 0.856. The van der Waals surface area contributed by atoms with Gasteiger partial charge in [-0.3, -0.25) is 9.78 Å². The Morgan fingerprint density at radius 1 is 1.35 bits per heavy atom. The van der Waals surface area contributed by atoms with Gasteiger partial charge in [-0.15, -0.1) is 11.3 Å². The largest absolute Gasteiger partial charge is 0.481 e. The lowest BCUT2D eigenvalue weighted by molar-refractivity contribution is -0.136. The molecule has 2 aromatic rings. The number of anilines is 2. The van der Waals surface area contributed by atoms with Crippen LogP contribution < -0.4 is 10.2 Å². The second kappa shape index (κ2) is 6.38. The highest BCUT2D eigenvalue weighted by Crippen LogP contribution is 2.24. The molecule has 6 heteroatoms. The van der Waals surface area contributed by atoms with Gasteiger partial charge >= 0.3 is 5.97 Å². The molecule has 0 radical (unpaired) electrons. The Bertz CT molecular complexity index is 596. The predicted molar refractivity (Wildman–Crippen MR) is 81.5 cm³/mol. The average Bonchev–Trinajstić information content (AvgIpc) is 2.83. The number of hydrogen-bond acceptors (Lipinski definition) is 5. The Kier molecular flexibility index (Phi) is 4.57. The predicted octanol–water partition coefficient (Wildman–Crippen LogP) is 2.45. The van der Waals surface area contributed by atoms with Gasteiger partial charge in [0.25, 0.3) is 0 Å². The van der Waals surface area contributed by atoms with E-state index < -0.39 is 5.97 Å². The van der Waals surface area contributed by atoms with Gasteiger partial charge in [0.15, 0.2) is 0 Å². The Morgan fingerprint density at radius 2 is 2.10 bits per heavy atom. The van der Waals surface area contributed by atoms with Crippen molar-refractivity contribution >= 4 is 28.7 Å². The smallest absolute Gasteiger partial charge is 0.308 e. The van der Waals surface area contributed by atoms with Gasteiger partial charge < -0.3 is 15.3 Å². The number of pyridine rings is 1. The topological polar surface area (TPSA) is 65.5 Å². The minimum Gasteiger partial charge on any atom is -0.481 e. The molecule has 0 fully saturated rings. The molecule has 106 valence electrons. The van der Waals surface area contributed by atoms with Gasteiger partial charge in [-0.1, -0.05) is 0 Å². The van der Waals surface area contributed by atoms with Crippen LogP contribution in [0.5, 0.6) is 0 Å². The fourth-order valence-electron chi connectivity index (χ4n) is 1.86. The summed E-state index contributed by atoms with van der Waals surface area (Å²) in [4.78, 5) is 18.8. The minimum absolute atomic E-state index is 0.0838. The third kappa shape index (κ3) is 3.71. The van der Waals surface area contributed by atoms with Crippen molar-refractivity contribution in [3.63, 3.8) is 0 Å². The van der Waals surface area contributed by atoms with Gasteiger partial charge in [-0.05, 0) is 18.2 Å². The summed E-state index contributed by atoms with van der Waals surface area (Å²) < 4.78 is 0.